The van der Waals surface area contributed by atoms with Crippen molar-refractivity contribution in [2.24, 2.45) is 0 Å². The van der Waals surface area contributed by atoms with E-state index in [4.69, 9.17) is 9.47 Å². The molecule has 0 radical (unpaired) electrons. The van der Waals surface area contributed by atoms with Gasteiger partial charge in [0.05, 0.1) is 20.1 Å². The lowest BCUT2D eigenvalue weighted by atomic mass is 9.97. The summed E-state index contributed by atoms with van der Waals surface area (Å²) in [6.07, 6.45) is 3.30. The van der Waals surface area contributed by atoms with Crippen LogP contribution in [0.4, 0.5) is 0 Å². The number of benzene rings is 1. The molecule has 0 bridgehead atoms. The molecule has 0 aliphatic heterocycles. The van der Waals surface area contributed by atoms with E-state index in [1.807, 2.05) is 19.1 Å². The molecule has 1 aromatic rings. The summed E-state index contributed by atoms with van der Waals surface area (Å²) in [4.78, 5) is 11.6. The van der Waals surface area contributed by atoms with Crippen LogP contribution in [-0.4, -0.2) is 20.2 Å². The van der Waals surface area contributed by atoms with Gasteiger partial charge in [0, 0.05) is 0 Å². The molecule has 1 atom stereocenters. The van der Waals surface area contributed by atoms with Crippen molar-refractivity contribution in [1.82, 2.24) is 0 Å². The Bertz CT molecular complexity index is 399. The molecule has 0 aromatic heterocycles. The summed E-state index contributed by atoms with van der Waals surface area (Å²) in [5.41, 5.74) is 2.16. The molecule has 0 N–H and O–H groups in total. The van der Waals surface area contributed by atoms with Crippen molar-refractivity contribution in [1.29, 1.82) is 0 Å². The Kier molecular flexibility index (Phi) is 5.69. The van der Waals surface area contributed by atoms with Crippen molar-refractivity contribution >= 4 is 5.97 Å². The van der Waals surface area contributed by atoms with Crippen LogP contribution in [0.15, 0.2) is 18.2 Å². The second-order valence-corrected chi connectivity index (χ2v) is 4.46. The largest absolute Gasteiger partial charge is 0.497 e. The molecule has 0 heterocycles. The van der Waals surface area contributed by atoms with Gasteiger partial charge in [0.2, 0.25) is 0 Å². The van der Waals surface area contributed by atoms with Gasteiger partial charge in [0.1, 0.15) is 5.75 Å². The highest BCUT2D eigenvalue weighted by Gasteiger charge is 2.17. The first-order valence-corrected chi connectivity index (χ1v) is 6.38. The normalized spacial score (nSPS) is 12.0. The third-order valence-corrected chi connectivity index (χ3v) is 3.10. The maximum atomic E-state index is 11.6. The summed E-state index contributed by atoms with van der Waals surface area (Å²) in [5, 5.41) is 0. The predicted molar refractivity (Wildman–Crippen MR) is 72.0 cm³/mol. The summed E-state index contributed by atoms with van der Waals surface area (Å²) in [5.74, 6) is 0.324. The third kappa shape index (κ3) is 3.76. The van der Waals surface area contributed by atoms with Gasteiger partial charge in [-0.15, -0.1) is 0 Å². The average molecular weight is 250 g/mol. The standard InChI is InChI=1S/C15H22O3/c1-5-6-7-12-8-13(10-14(9-12)17-3)11(2)15(16)18-4/h8-11H,5-7H2,1-4H3. The molecule has 18 heavy (non-hydrogen) atoms. The van der Waals surface area contributed by atoms with E-state index >= 15 is 0 Å². The monoisotopic (exact) mass is 250 g/mol. The van der Waals surface area contributed by atoms with Gasteiger partial charge < -0.3 is 9.47 Å². The van der Waals surface area contributed by atoms with Crippen LogP contribution in [-0.2, 0) is 16.0 Å². The van der Waals surface area contributed by atoms with E-state index in [1.165, 1.54) is 12.7 Å². The van der Waals surface area contributed by atoms with E-state index < -0.39 is 0 Å². The van der Waals surface area contributed by atoms with Gasteiger partial charge >= 0.3 is 5.97 Å². The van der Waals surface area contributed by atoms with Gasteiger partial charge in [0.25, 0.3) is 0 Å². The van der Waals surface area contributed by atoms with Crippen molar-refractivity contribution in [2.75, 3.05) is 14.2 Å². The zero-order chi connectivity index (χ0) is 13.5. The van der Waals surface area contributed by atoms with E-state index in [1.54, 1.807) is 7.11 Å². The summed E-state index contributed by atoms with van der Waals surface area (Å²) >= 11 is 0. The Labute approximate surface area is 109 Å². The Morgan fingerprint density at radius 2 is 2.00 bits per heavy atom. The Morgan fingerprint density at radius 3 is 2.56 bits per heavy atom. The molecule has 0 fully saturated rings. The molecule has 0 aliphatic rings. The third-order valence-electron chi connectivity index (χ3n) is 3.10. The van der Waals surface area contributed by atoms with E-state index in [-0.39, 0.29) is 11.9 Å². The number of carbonyl (C=O) groups is 1. The van der Waals surface area contributed by atoms with Crippen molar-refractivity contribution in [3.05, 3.63) is 29.3 Å². The number of carbonyl (C=O) groups excluding carboxylic acids is 1. The van der Waals surface area contributed by atoms with E-state index in [0.717, 1.165) is 30.6 Å². The maximum absolute atomic E-state index is 11.6. The molecule has 1 aromatic carbocycles. The van der Waals surface area contributed by atoms with Crippen LogP contribution in [0.1, 0.15) is 43.7 Å². The van der Waals surface area contributed by atoms with Crippen LogP contribution in [0.5, 0.6) is 5.75 Å². The minimum atomic E-state index is -0.259. The van der Waals surface area contributed by atoms with E-state index in [2.05, 4.69) is 13.0 Å². The SMILES string of the molecule is CCCCc1cc(OC)cc(C(C)C(=O)OC)c1. The lowest BCUT2D eigenvalue weighted by Crippen LogP contribution is -2.11. The topological polar surface area (TPSA) is 35.5 Å². The highest BCUT2D eigenvalue weighted by molar-refractivity contribution is 5.77. The summed E-state index contributed by atoms with van der Waals surface area (Å²) in [7, 11) is 3.06. The van der Waals surface area contributed by atoms with Crippen LogP contribution in [0, 0.1) is 0 Å². The van der Waals surface area contributed by atoms with Gasteiger partial charge in [0.15, 0.2) is 0 Å². The second-order valence-electron chi connectivity index (χ2n) is 4.46. The van der Waals surface area contributed by atoms with Gasteiger partial charge in [-0.2, -0.15) is 0 Å². The van der Waals surface area contributed by atoms with Crippen LogP contribution in [0.2, 0.25) is 0 Å². The van der Waals surface area contributed by atoms with E-state index in [9.17, 15) is 4.79 Å². The number of unbranched alkanes of at least 4 members (excludes halogenated alkanes) is 1. The number of aryl methyl sites for hydroxylation is 1. The molecule has 0 saturated carbocycles. The molecule has 0 amide bonds. The van der Waals surface area contributed by atoms with Gasteiger partial charge in [-0.1, -0.05) is 19.4 Å². The second kappa shape index (κ2) is 7.04. The number of rotatable bonds is 6. The molecule has 1 unspecified atom stereocenters. The van der Waals surface area contributed by atoms with Crippen molar-refractivity contribution in [2.45, 2.75) is 39.0 Å². The fraction of sp³-hybridized carbons (Fsp3) is 0.533. The Morgan fingerprint density at radius 1 is 1.28 bits per heavy atom. The first-order chi connectivity index (χ1) is 8.62. The fourth-order valence-corrected chi connectivity index (χ4v) is 1.89. The number of esters is 1. The lowest BCUT2D eigenvalue weighted by Gasteiger charge is -2.13. The number of hydrogen-bond donors (Lipinski definition) is 0. The quantitative estimate of drug-likeness (QED) is 0.727. The zero-order valence-electron chi connectivity index (χ0n) is 11.7. The van der Waals surface area contributed by atoms with Crippen molar-refractivity contribution in [3.8, 4) is 5.75 Å². The first-order valence-electron chi connectivity index (χ1n) is 6.38. The van der Waals surface area contributed by atoms with Crippen molar-refractivity contribution < 1.29 is 14.3 Å². The summed E-state index contributed by atoms with van der Waals surface area (Å²) in [6, 6.07) is 6.00. The minimum absolute atomic E-state index is 0.218. The first kappa shape index (κ1) is 14.6. The number of hydrogen-bond acceptors (Lipinski definition) is 3. The average Bonchev–Trinajstić information content (AvgIpc) is 2.42. The molecular weight excluding hydrogens is 228 g/mol. The van der Waals surface area contributed by atoms with Crippen LogP contribution in [0.25, 0.3) is 0 Å². The van der Waals surface area contributed by atoms with Crippen LogP contribution in [0.3, 0.4) is 0 Å². The molecular formula is C15H22O3. The molecule has 0 aliphatic carbocycles. The Hall–Kier alpha value is -1.51. The molecule has 1 rings (SSSR count). The maximum Gasteiger partial charge on any atom is 0.312 e. The highest BCUT2D eigenvalue weighted by atomic mass is 16.5. The van der Waals surface area contributed by atoms with Crippen LogP contribution < -0.4 is 4.74 Å². The molecule has 100 valence electrons. The zero-order valence-corrected chi connectivity index (χ0v) is 11.7. The predicted octanol–water partition coefficient (Wildman–Crippen LogP) is 3.31. The van der Waals surface area contributed by atoms with Gasteiger partial charge in [-0.25, -0.2) is 0 Å². The number of ether oxygens (including phenoxy) is 2. The fourth-order valence-electron chi connectivity index (χ4n) is 1.89. The van der Waals surface area contributed by atoms with Gasteiger partial charge in [-0.3, -0.25) is 4.79 Å². The summed E-state index contributed by atoms with van der Waals surface area (Å²) < 4.78 is 10.1. The van der Waals surface area contributed by atoms with Gasteiger partial charge in [-0.05, 0) is 43.0 Å². The van der Waals surface area contributed by atoms with Crippen molar-refractivity contribution in [3.63, 3.8) is 0 Å². The minimum Gasteiger partial charge on any atom is -0.497 e. The molecule has 0 saturated heterocycles. The van der Waals surface area contributed by atoms with Crippen LogP contribution >= 0.6 is 0 Å². The molecule has 0 spiro atoms. The van der Waals surface area contributed by atoms with E-state index in [0.29, 0.717) is 0 Å². The molecule has 3 nitrogen and oxygen atoms in total. The Balaban J connectivity index is 2.99. The summed E-state index contributed by atoms with van der Waals surface area (Å²) in [6.45, 7) is 4.02. The number of methoxy groups -OCH3 is 2. The smallest absolute Gasteiger partial charge is 0.312 e. The molecule has 3 heteroatoms. The highest BCUT2D eigenvalue weighted by Crippen LogP contribution is 2.25. The lowest BCUT2D eigenvalue weighted by molar-refractivity contribution is -0.141.